The zero-order valence-electron chi connectivity index (χ0n) is 20.3. The van der Waals surface area contributed by atoms with Gasteiger partial charge in [-0.1, -0.05) is 90.2 Å². The number of rotatable bonds is 17. The Morgan fingerprint density at radius 3 is 1.91 bits per heavy atom. The van der Waals surface area contributed by atoms with E-state index in [1.165, 1.54) is 52.1 Å². The summed E-state index contributed by atoms with van der Waals surface area (Å²) in [7, 11) is 1.53. The minimum Gasteiger partial charge on any atom is -0.497 e. The lowest BCUT2D eigenvalue weighted by Crippen LogP contribution is -2.42. The number of carbonyl (C=O) groups is 2. The summed E-state index contributed by atoms with van der Waals surface area (Å²) < 4.78 is 16.1. The molecule has 6 heteroatoms. The van der Waals surface area contributed by atoms with Crippen molar-refractivity contribution in [2.75, 3.05) is 13.7 Å². The molecule has 1 aromatic rings. The van der Waals surface area contributed by atoms with Crippen molar-refractivity contribution in [2.45, 2.75) is 97.8 Å². The molecule has 0 heterocycles. The van der Waals surface area contributed by atoms with Crippen molar-refractivity contribution >= 4 is 23.5 Å². The first-order valence-corrected chi connectivity index (χ1v) is 12.6. The first kappa shape index (κ1) is 28.3. The lowest BCUT2D eigenvalue weighted by Gasteiger charge is -2.27. The summed E-state index contributed by atoms with van der Waals surface area (Å²) in [6.45, 7) is 6.15. The van der Waals surface area contributed by atoms with Crippen LogP contribution >= 0.6 is 11.6 Å². The summed E-state index contributed by atoms with van der Waals surface area (Å²) in [6.07, 6.45) is 12.7. The van der Waals surface area contributed by atoms with Crippen LogP contribution in [0.1, 0.15) is 97.8 Å². The molecule has 0 bridgehead atoms. The maximum absolute atomic E-state index is 12.9. The highest BCUT2D eigenvalue weighted by atomic mass is 35.5. The Labute approximate surface area is 199 Å². The molecule has 0 radical (unpaired) electrons. The fourth-order valence-corrected chi connectivity index (χ4v) is 3.90. The van der Waals surface area contributed by atoms with E-state index in [1.54, 1.807) is 32.0 Å². The van der Waals surface area contributed by atoms with Gasteiger partial charge in [0, 0.05) is 6.07 Å². The largest absolute Gasteiger partial charge is 0.497 e. The summed E-state index contributed by atoms with van der Waals surface area (Å²) >= 11 is 6.18. The highest BCUT2D eigenvalue weighted by Crippen LogP contribution is 2.34. The van der Waals surface area contributed by atoms with Gasteiger partial charge in [-0.2, -0.15) is 0 Å². The Bertz CT molecular complexity index is 685. The minimum atomic E-state index is -1.33. The fourth-order valence-electron chi connectivity index (χ4n) is 3.69. The molecule has 0 aliphatic carbocycles. The van der Waals surface area contributed by atoms with Crippen LogP contribution in [-0.2, 0) is 14.3 Å². The van der Waals surface area contributed by atoms with Crippen LogP contribution in [0.5, 0.6) is 11.5 Å². The van der Waals surface area contributed by atoms with Gasteiger partial charge in [0.05, 0.1) is 18.7 Å². The van der Waals surface area contributed by atoms with Crippen LogP contribution in [0.2, 0.25) is 5.02 Å². The van der Waals surface area contributed by atoms with E-state index in [0.29, 0.717) is 25.2 Å². The van der Waals surface area contributed by atoms with Gasteiger partial charge >= 0.3 is 11.9 Å². The fraction of sp³-hybridized carbons (Fsp3) is 0.692. The summed E-state index contributed by atoms with van der Waals surface area (Å²) in [4.78, 5) is 25.8. The zero-order chi connectivity index (χ0) is 23.8. The summed E-state index contributed by atoms with van der Waals surface area (Å²) in [5.41, 5.74) is -1.33. The molecule has 0 unspecified atom stereocenters. The van der Waals surface area contributed by atoms with E-state index in [4.69, 9.17) is 25.8 Å². The van der Waals surface area contributed by atoms with Crippen molar-refractivity contribution in [3.8, 4) is 11.5 Å². The number of benzene rings is 1. The van der Waals surface area contributed by atoms with Gasteiger partial charge in [-0.25, -0.2) is 0 Å². The van der Waals surface area contributed by atoms with E-state index in [1.807, 2.05) is 0 Å². The van der Waals surface area contributed by atoms with Crippen molar-refractivity contribution in [3.63, 3.8) is 0 Å². The number of halogens is 1. The summed E-state index contributed by atoms with van der Waals surface area (Å²) in [6, 6.07) is 4.77. The molecule has 1 rings (SSSR count). The van der Waals surface area contributed by atoms with Crippen LogP contribution in [0.15, 0.2) is 18.2 Å². The SMILES string of the molecule is CCCCCCCCCCCCOC(=O)C(CC)(CC)C(=O)Oc1ccc(OC)cc1Cl. The van der Waals surface area contributed by atoms with Gasteiger partial charge in [-0.3, -0.25) is 9.59 Å². The Hall–Kier alpha value is -1.75. The Kier molecular flexibility index (Phi) is 14.1. The highest BCUT2D eigenvalue weighted by molar-refractivity contribution is 6.32. The van der Waals surface area contributed by atoms with E-state index >= 15 is 0 Å². The molecule has 1 aromatic carbocycles. The average molecular weight is 469 g/mol. The van der Waals surface area contributed by atoms with Gasteiger partial charge in [0.1, 0.15) is 11.5 Å². The van der Waals surface area contributed by atoms with Crippen molar-refractivity contribution in [1.82, 2.24) is 0 Å². The molecule has 5 nitrogen and oxygen atoms in total. The predicted octanol–water partition coefficient (Wildman–Crippen LogP) is 7.52. The number of carbonyl (C=O) groups excluding carboxylic acids is 2. The van der Waals surface area contributed by atoms with Crippen LogP contribution in [0.4, 0.5) is 0 Å². The predicted molar refractivity (Wildman–Crippen MR) is 129 cm³/mol. The smallest absolute Gasteiger partial charge is 0.328 e. The van der Waals surface area contributed by atoms with Crippen LogP contribution in [-0.4, -0.2) is 25.7 Å². The first-order chi connectivity index (χ1) is 15.4. The molecule has 32 heavy (non-hydrogen) atoms. The number of hydrogen-bond donors (Lipinski definition) is 0. The molecule has 0 amide bonds. The van der Waals surface area contributed by atoms with Gasteiger partial charge in [-0.05, 0) is 31.4 Å². The van der Waals surface area contributed by atoms with Gasteiger partial charge in [0.2, 0.25) is 0 Å². The number of ether oxygens (including phenoxy) is 3. The van der Waals surface area contributed by atoms with Gasteiger partial charge in [-0.15, -0.1) is 0 Å². The lowest BCUT2D eigenvalue weighted by molar-refractivity contribution is -0.168. The minimum absolute atomic E-state index is 0.200. The molecule has 0 saturated heterocycles. The number of esters is 2. The lowest BCUT2D eigenvalue weighted by atomic mass is 9.82. The summed E-state index contributed by atoms with van der Waals surface area (Å²) in [5, 5.41) is 0.248. The third-order valence-corrected chi connectivity index (χ3v) is 6.36. The Balaban J connectivity index is 2.45. The van der Waals surface area contributed by atoms with Crippen molar-refractivity contribution < 1.29 is 23.8 Å². The third kappa shape index (κ3) is 9.01. The molecule has 182 valence electrons. The van der Waals surface area contributed by atoms with E-state index in [-0.39, 0.29) is 10.8 Å². The molecule has 0 N–H and O–H groups in total. The average Bonchev–Trinajstić information content (AvgIpc) is 2.80. The van der Waals surface area contributed by atoms with Crippen LogP contribution in [0.3, 0.4) is 0 Å². The number of methoxy groups -OCH3 is 1. The van der Waals surface area contributed by atoms with Crippen LogP contribution in [0.25, 0.3) is 0 Å². The monoisotopic (exact) mass is 468 g/mol. The topological polar surface area (TPSA) is 61.8 Å². The number of hydrogen-bond acceptors (Lipinski definition) is 5. The second-order valence-corrected chi connectivity index (χ2v) is 8.70. The molecule has 0 aromatic heterocycles. The Morgan fingerprint density at radius 1 is 0.844 bits per heavy atom. The maximum atomic E-state index is 12.9. The molecular weight excluding hydrogens is 428 g/mol. The first-order valence-electron chi connectivity index (χ1n) is 12.2. The molecule has 0 spiro atoms. The third-order valence-electron chi connectivity index (χ3n) is 6.06. The molecule has 0 saturated carbocycles. The normalized spacial score (nSPS) is 11.3. The Morgan fingerprint density at radius 2 is 1.41 bits per heavy atom. The highest BCUT2D eigenvalue weighted by Gasteiger charge is 2.46. The zero-order valence-corrected chi connectivity index (χ0v) is 21.1. The van der Waals surface area contributed by atoms with Crippen LogP contribution < -0.4 is 9.47 Å². The van der Waals surface area contributed by atoms with Gasteiger partial charge in [0.15, 0.2) is 5.41 Å². The molecule has 0 aliphatic rings. The van der Waals surface area contributed by atoms with Gasteiger partial charge < -0.3 is 14.2 Å². The number of unbranched alkanes of at least 4 members (excludes halogenated alkanes) is 9. The quantitative estimate of drug-likeness (QED) is 0.102. The van der Waals surface area contributed by atoms with E-state index in [0.717, 1.165) is 19.3 Å². The second-order valence-electron chi connectivity index (χ2n) is 8.29. The van der Waals surface area contributed by atoms with E-state index in [9.17, 15) is 9.59 Å². The molecule has 0 atom stereocenters. The maximum Gasteiger partial charge on any atom is 0.328 e. The van der Waals surface area contributed by atoms with E-state index in [2.05, 4.69) is 6.92 Å². The van der Waals surface area contributed by atoms with Crippen molar-refractivity contribution in [2.24, 2.45) is 5.41 Å². The molecular formula is C26H41ClO5. The van der Waals surface area contributed by atoms with E-state index < -0.39 is 17.4 Å². The second kappa shape index (κ2) is 16.0. The van der Waals surface area contributed by atoms with Crippen molar-refractivity contribution in [3.05, 3.63) is 23.2 Å². The summed E-state index contributed by atoms with van der Waals surface area (Å²) in [5.74, 6) is -0.398. The molecule has 0 fully saturated rings. The van der Waals surface area contributed by atoms with Crippen molar-refractivity contribution in [1.29, 1.82) is 0 Å². The standard InChI is InChI=1S/C26H41ClO5/c1-5-8-9-10-11-12-13-14-15-16-19-31-24(28)26(6-2,7-3)25(29)32-23-18-17-21(30-4)20-22(23)27/h17-18,20H,5-16,19H2,1-4H3. The van der Waals surface area contributed by atoms with Crippen LogP contribution in [0, 0.1) is 5.41 Å². The van der Waals surface area contributed by atoms with Gasteiger partial charge in [0.25, 0.3) is 0 Å². The molecule has 0 aliphatic heterocycles.